The average molecular weight is 389 g/mol. The number of nitrogens with one attached hydrogen (secondary N) is 2. The molecule has 0 aliphatic heterocycles. The Balaban J connectivity index is 2.50. The second-order valence-electron chi connectivity index (χ2n) is 5.63. The lowest BCUT2D eigenvalue weighted by Crippen LogP contribution is -2.30. The molecule has 1 rings (SSSR count). The third-order valence-corrected chi connectivity index (χ3v) is 5.43. The minimum absolute atomic E-state index is 0.161. The third kappa shape index (κ3) is 8.55. The molecule has 1 heterocycles. The SMILES string of the molecule is CCCCCCSc1nsc(NC(=O)NCCCCCO)c1C(N)=O. The number of thioether (sulfide) groups is 1. The van der Waals surface area contributed by atoms with E-state index in [1.165, 1.54) is 24.6 Å². The molecule has 0 radical (unpaired) electrons. The van der Waals surface area contributed by atoms with Crippen LogP contribution in [0, 0.1) is 0 Å². The quantitative estimate of drug-likeness (QED) is 0.306. The van der Waals surface area contributed by atoms with E-state index in [-0.39, 0.29) is 12.6 Å². The number of amides is 3. The summed E-state index contributed by atoms with van der Waals surface area (Å²) in [5.74, 6) is 0.295. The van der Waals surface area contributed by atoms with Crippen LogP contribution < -0.4 is 16.4 Å². The molecule has 0 saturated heterocycles. The maximum Gasteiger partial charge on any atom is 0.319 e. The molecule has 0 fully saturated rings. The second kappa shape index (κ2) is 13.0. The summed E-state index contributed by atoms with van der Waals surface area (Å²) in [6.07, 6.45) is 6.96. The van der Waals surface area contributed by atoms with Crippen LogP contribution in [0.5, 0.6) is 0 Å². The minimum atomic E-state index is -0.581. The van der Waals surface area contributed by atoms with Crippen molar-refractivity contribution < 1.29 is 14.7 Å². The zero-order chi connectivity index (χ0) is 18.5. The number of unbranched alkanes of at least 4 members (excludes halogenated alkanes) is 5. The van der Waals surface area contributed by atoms with E-state index >= 15 is 0 Å². The fourth-order valence-corrected chi connectivity index (χ4v) is 4.11. The van der Waals surface area contributed by atoms with Gasteiger partial charge < -0.3 is 16.2 Å². The molecule has 3 amide bonds. The predicted molar refractivity (Wildman–Crippen MR) is 103 cm³/mol. The summed E-state index contributed by atoms with van der Waals surface area (Å²) in [6.45, 7) is 2.83. The van der Waals surface area contributed by atoms with E-state index in [2.05, 4.69) is 21.9 Å². The molecule has 0 spiro atoms. The van der Waals surface area contributed by atoms with Gasteiger partial charge >= 0.3 is 6.03 Å². The number of rotatable bonds is 13. The van der Waals surface area contributed by atoms with Crippen molar-refractivity contribution in [2.45, 2.75) is 56.9 Å². The summed E-state index contributed by atoms with van der Waals surface area (Å²) in [6, 6.07) is -0.380. The summed E-state index contributed by atoms with van der Waals surface area (Å²) in [5, 5.41) is 15.1. The molecular weight excluding hydrogens is 360 g/mol. The highest BCUT2D eigenvalue weighted by molar-refractivity contribution is 7.99. The van der Waals surface area contributed by atoms with Gasteiger partial charge in [0.15, 0.2) is 0 Å². The molecule has 25 heavy (non-hydrogen) atoms. The Hall–Kier alpha value is -1.32. The van der Waals surface area contributed by atoms with Crippen LogP contribution in [0.3, 0.4) is 0 Å². The number of hydrogen-bond donors (Lipinski definition) is 4. The Labute approximate surface area is 157 Å². The Morgan fingerprint density at radius 3 is 2.64 bits per heavy atom. The van der Waals surface area contributed by atoms with Gasteiger partial charge in [-0.15, -0.1) is 11.8 Å². The number of aliphatic hydroxyl groups is 1. The first-order valence-corrected chi connectivity index (χ1v) is 10.4. The molecule has 0 aliphatic carbocycles. The summed E-state index contributed by atoms with van der Waals surface area (Å²) in [7, 11) is 0. The first kappa shape index (κ1) is 21.7. The van der Waals surface area contributed by atoms with Gasteiger partial charge in [-0.1, -0.05) is 26.2 Å². The van der Waals surface area contributed by atoms with Crippen molar-refractivity contribution >= 4 is 40.2 Å². The van der Waals surface area contributed by atoms with Crippen LogP contribution in [0.25, 0.3) is 0 Å². The van der Waals surface area contributed by atoms with Gasteiger partial charge in [0.25, 0.3) is 5.91 Å². The molecule has 0 bridgehead atoms. The fraction of sp³-hybridized carbons (Fsp3) is 0.688. The molecule has 0 aromatic carbocycles. The number of carbonyl (C=O) groups excluding carboxylic acids is 2. The molecule has 0 unspecified atom stereocenters. The number of aromatic nitrogens is 1. The first-order chi connectivity index (χ1) is 12.1. The summed E-state index contributed by atoms with van der Waals surface area (Å²) in [5.41, 5.74) is 5.75. The monoisotopic (exact) mass is 388 g/mol. The van der Waals surface area contributed by atoms with Crippen LogP contribution >= 0.6 is 23.3 Å². The highest BCUT2D eigenvalue weighted by atomic mass is 32.2. The Morgan fingerprint density at radius 2 is 1.96 bits per heavy atom. The zero-order valence-corrected chi connectivity index (χ0v) is 16.3. The van der Waals surface area contributed by atoms with E-state index in [0.29, 0.717) is 22.1 Å². The molecule has 1 aromatic rings. The van der Waals surface area contributed by atoms with Crippen LogP contribution in [0.2, 0.25) is 0 Å². The summed E-state index contributed by atoms with van der Waals surface area (Å²) >= 11 is 2.58. The normalized spacial score (nSPS) is 10.6. The van der Waals surface area contributed by atoms with E-state index in [1.807, 2.05) is 0 Å². The van der Waals surface area contributed by atoms with Crippen molar-refractivity contribution in [3.8, 4) is 0 Å². The van der Waals surface area contributed by atoms with Gasteiger partial charge in [-0.3, -0.25) is 10.1 Å². The Morgan fingerprint density at radius 1 is 1.20 bits per heavy atom. The standard InChI is InChI=1S/C16H28N4O3S2/c1-2-3-4-8-11-24-15-12(13(17)22)14(25-20-15)19-16(23)18-9-6-5-7-10-21/h21H,2-11H2,1H3,(H2,17,22)(H2,18,19,23). The number of aliphatic hydroxyl groups excluding tert-OH is 1. The Kier molecular flexibility index (Phi) is 11.3. The van der Waals surface area contributed by atoms with Crippen molar-refractivity contribution in [3.05, 3.63) is 5.56 Å². The summed E-state index contributed by atoms with van der Waals surface area (Å²) in [4.78, 5) is 23.6. The predicted octanol–water partition coefficient (Wildman–Crippen LogP) is 3.20. The van der Waals surface area contributed by atoms with Crippen LogP contribution in [-0.4, -0.2) is 40.3 Å². The van der Waals surface area contributed by atoms with Crippen molar-refractivity contribution in [1.82, 2.24) is 9.69 Å². The van der Waals surface area contributed by atoms with Gasteiger partial charge in [0.2, 0.25) is 0 Å². The molecule has 142 valence electrons. The van der Waals surface area contributed by atoms with Crippen molar-refractivity contribution in [2.75, 3.05) is 24.2 Å². The lowest BCUT2D eigenvalue weighted by molar-refractivity contribution is 0.0998. The third-order valence-electron chi connectivity index (χ3n) is 3.49. The van der Waals surface area contributed by atoms with E-state index < -0.39 is 5.91 Å². The molecular formula is C16H28N4O3S2. The second-order valence-corrected chi connectivity index (χ2v) is 7.49. The lowest BCUT2D eigenvalue weighted by atomic mass is 10.2. The van der Waals surface area contributed by atoms with Gasteiger partial charge in [-0.05, 0) is 43.0 Å². The van der Waals surface area contributed by atoms with Gasteiger partial charge in [-0.25, -0.2) is 4.79 Å². The Bertz CT molecular complexity index is 537. The van der Waals surface area contributed by atoms with Gasteiger partial charge in [-0.2, -0.15) is 4.37 Å². The van der Waals surface area contributed by atoms with Crippen LogP contribution in [-0.2, 0) is 0 Å². The van der Waals surface area contributed by atoms with Crippen LogP contribution in [0.4, 0.5) is 9.80 Å². The largest absolute Gasteiger partial charge is 0.396 e. The van der Waals surface area contributed by atoms with Gasteiger partial charge in [0.1, 0.15) is 15.6 Å². The molecule has 0 atom stereocenters. The number of anilines is 1. The maximum absolute atomic E-state index is 11.9. The van der Waals surface area contributed by atoms with Crippen LogP contribution in [0.15, 0.2) is 5.03 Å². The first-order valence-electron chi connectivity index (χ1n) is 8.68. The molecule has 7 nitrogen and oxygen atoms in total. The van der Waals surface area contributed by atoms with E-state index in [4.69, 9.17) is 10.8 Å². The number of hydrogen-bond acceptors (Lipinski definition) is 6. The highest BCUT2D eigenvalue weighted by Crippen LogP contribution is 2.32. The molecule has 0 aliphatic rings. The van der Waals surface area contributed by atoms with Crippen LogP contribution in [0.1, 0.15) is 62.2 Å². The smallest absolute Gasteiger partial charge is 0.319 e. The number of urea groups is 1. The molecule has 9 heteroatoms. The minimum Gasteiger partial charge on any atom is -0.396 e. The van der Waals surface area contributed by atoms with Gasteiger partial charge in [0, 0.05) is 13.2 Å². The maximum atomic E-state index is 11.9. The van der Waals surface area contributed by atoms with E-state index in [0.717, 1.165) is 49.4 Å². The topological polar surface area (TPSA) is 117 Å². The number of nitrogens with two attached hydrogens (primary N) is 1. The van der Waals surface area contributed by atoms with Gasteiger partial charge in [0.05, 0.1) is 0 Å². The highest BCUT2D eigenvalue weighted by Gasteiger charge is 2.20. The van der Waals surface area contributed by atoms with Crippen molar-refractivity contribution in [2.24, 2.45) is 5.73 Å². The molecule has 1 aromatic heterocycles. The number of primary amides is 1. The lowest BCUT2D eigenvalue weighted by Gasteiger charge is -2.07. The zero-order valence-electron chi connectivity index (χ0n) is 14.7. The average Bonchev–Trinajstić information content (AvgIpc) is 2.97. The summed E-state index contributed by atoms with van der Waals surface area (Å²) < 4.78 is 4.26. The van der Waals surface area contributed by atoms with E-state index in [9.17, 15) is 9.59 Å². The number of carbonyl (C=O) groups is 2. The fourth-order valence-electron chi connectivity index (χ4n) is 2.14. The van der Waals surface area contributed by atoms with Crippen molar-refractivity contribution in [3.63, 3.8) is 0 Å². The molecule has 5 N–H and O–H groups in total. The molecule has 0 saturated carbocycles. The van der Waals surface area contributed by atoms with Crippen molar-refractivity contribution in [1.29, 1.82) is 0 Å². The van der Waals surface area contributed by atoms with E-state index in [1.54, 1.807) is 0 Å². The number of nitrogens with zero attached hydrogens (tertiary/aromatic N) is 1.